The molecule has 0 atom stereocenters. The molecule has 6 rings (SSSR count). The minimum Gasteiger partial charge on any atom is -0.236 e. The first-order valence-electron chi connectivity index (χ1n) is 9.70. The van der Waals surface area contributed by atoms with Crippen LogP contribution in [0.15, 0.2) is 42.5 Å². The molecular formula is C24H28N+. The zero-order valence-corrected chi connectivity index (χ0v) is 15.9. The largest absolute Gasteiger partial charge is 0.236 e. The van der Waals surface area contributed by atoms with E-state index in [2.05, 4.69) is 81.1 Å². The van der Waals surface area contributed by atoms with E-state index in [0.29, 0.717) is 5.54 Å². The van der Waals surface area contributed by atoms with Gasteiger partial charge in [-0.15, -0.1) is 0 Å². The van der Waals surface area contributed by atoms with Gasteiger partial charge in [0, 0.05) is 25.2 Å². The molecule has 0 saturated heterocycles. The van der Waals surface area contributed by atoms with Gasteiger partial charge in [-0.1, -0.05) is 50.2 Å². The average molecular weight is 330 g/mol. The van der Waals surface area contributed by atoms with Gasteiger partial charge in [0.25, 0.3) is 0 Å². The fraction of sp³-hybridized carbons (Fsp3) is 0.458. The topological polar surface area (TPSA) is 3.01 Å². The quantitative estimate of drug-likeness (QED) is 0.625. The Bertz CT molecular complexity index is 907. The van der Waals surface area contributed by atoms with Gasteiger partial charge in [-0.2, -0.15) is 0 Å². The van der Waals surface area contributed by atoms with Crippen LogP contribution in [-0.2, 0) is 10.8 Å². The van der Waals surface area contributed by atoms with Gasteiger partial charge in [-0.3, -0.25) is 0 Å². The smallest absolute Gasteiger partial charge is 0.159 e. The molecular weight excluding hydrogens is 302 g/mol. The van der Waals surface area contributed by atoms with Crippen molar-refractivity contribution in [1.82, 2.24) is 0 Å². The van der Waals surface area contributed by atoms with Crippen molar-refractivity contribution in [3.05, 3.63) is 59.2 Å². The van der Waals surface area contributed by atoms with Crippen molar-refractivity contribution in [2.75, 3.05) is 7.05 Å². The molecule has 2 aliphatic heterocycles. The normalized spacial score (nSPS) is 31.4. The minimum absolute atomic E-state index is 0.111. The predicted molar refractivity (Wildman–Crippen MR) is 105 cm³/mol. The van der Waals surface area contributed by atoms with Crippen molar-refractivity contribution in [2.24, 2.45) is 0 Å². The third-order valence-corrected chi connectivity index (χ3v) is 7.67. The van der Waals surface area contributed by atoms with Crippen LogP contribution >= 0.6 is 0 Å². The first kappa shape index (κ1) is 15.4. The summed E-state index contributed by atoms with van der Waals surface area (Å²) in [4.78, 5) is 0. The van der Waals surface area contributed by atoms with E-state index in [0.717, 1.165) is 0 Å². The van der Waals surface area contributed by atoms with E-state index in [1.54, 1.807) is 0 Å². The average Bonchev–Trinajstić information content (AvgIpc) is 2.85. The second kappa shape index (κ2) is 4.63. The molecule has 0 N–H and O–H groups in total. The third kappa shape index (κ3) is 1.87. The molecule has 1 fully saturated rings. The highest BCUT2D eigenvalue weighted by atomic mass is 15.1. The molecule has 0 unspecified atom stereocenters. The van der Waals surface area contributed by atoms with E-state index in [-0.39, 0.29) is 10.8 Å². The molecule has 128 valence electrons. The van der Waals surface area contributed by atoms with E-state index >= 15 is 0 Å². The Morgan fingerprint density at radius 2 is 1.48 bits per heavy atom. The van der Waals surface area contributed by atoms with Crippen LogP contribution in [0.5, 0.6) is 0 Å². The summed E-state index contributed by atoms with van der Waals surface area (Å²) in [6.45, 7) is 7.15. The molecule has 2 aromatic carbocycles. The number of benzene rings is 2. The standard InChI is InChI=1S/C24H28N/c1-22(2)20-8-6-5-7-18(20)19-15-17(9-10-21(19)22)24-13-11-23(3,12-14-24)25(4)16-24/h5-10,15-16H,11-14H2,1-4H3/q+1. The lowest BCUT2D eigenvalue weighted by atomic mass is 9.62. The molecule has 25 heavy (non-hydrogen) atoms. The van der Waals surface area contributed by atoms with Gasteiger partial charge >= 0.3 is 0 Å². The Balaban J connectivity index is 1.69. The van der Waals surface area contributed by atoms with Crippen LogP contribution in [-0.4, -0.2) is 23.4 Å². The summed E-state index contributed by atoms with van der Waals surface area (Å²) in [6.07, 6.45) is 7.72. The lowest BCUT2D eigenvalue weighted by Gasteiger charge is -2.45. The van der Waals surface area contributed by atoms with E-state index in [4.69, 9.17) is 0 Å². The lowest BCUT2D eigenvalue weighted by Crippen LogP contribution is -2.54. The van der Waals surface area contributed by atoms with Crippen molar-refractivity contribution in [3.8, 4) is 11.1 Å². The maximum Gasteiger partial charge on any atom is 0.159 e. The third-order valence-electron chi connectivity index (χ3n) is 7.67. The molecule has 0 amide bonds. The SMILES string of the molecule is C[N+]1=CC2(c3ccc4c(c3)-c3ccccc3C4(C)C)CCC1(C)CC2. The van der Waals surface area contributed by atoms with E-state index in [1.165, 1.54) is 53.5 Å². The van der Waals surface area contributed by atoms with Crippen LogP contribution in [0.2, 0.25) is 0 Å². The van der Waals surface area contributed by atoms with Crippen LogP contribution in [0.25, 0.3) is 11.1 Å². The molecule has 4 aliphatic rings. The molecule has 0 radical (unpaired) electrons. The molecule has 0 aromatic heterocycles. The van der Waals surface area contributed by atoms with Crippen LogP contribution in [0.1, 0.15) is 63.1 Å². The Kier molecular flexibility index (Phi) is 2.85. The van der Waals surface area contributed by atoms with Crippen LogP contribution in [0.3, 0.4) is 0 Å². The lowest BCUT2D eigenvalue weighted by molar-refractivity contribution is -0.592. The van der Waals surface area contributed by atoms with Gasteiger partial charge in [0.15, 0.2) is 11.8 Å². The second-order valence-corrected chi connectivity index (χ2v) is 9.32. The molecule has 2 bridgehead atoms. The van der Waals surface area contributed by atoms with Gasteiger partial charge in [0.05, 0.1) is 5.41 Å². The minimum atomic E-state index is 0.111. The summed E-state index contributed by atoms with van der Waals surface area (Å²) in [5.41, 5.74) is 8.11. The zero-order valence-electron chi connectivity index (χ0n) is 15.9. The number of hydrogen-bond donors (Lipinski definition) is 0. The van der Waals surface area contributed by atoms with E-state index < -0.39 is 0 Å². The van der Waals surface area contributed by atoms with E-state index in [9.17, 15) is 0 Å². The van der Waals surface area contributed by atoms with Gasteiger partial charge in [0.1, 0.15) is 7.05 Å². The van der Waals surface area contributed by atoms with Gasteiger partial charge in [-0.05, 0) is 46.7 Å². The summed E-state index contributed by atoms with van der Waals surface area (Å²) in [7, 11) is 2.28. The van der Waals surface area contributed by atoms with Crippen LogP contribution in [0, 0.1) is 0 Å². The number of fused-ring (bicyclic) bond motifs is 5. The Morgan fingerprint density at radius 3 is 2.20 bits per heavy atom. The van der Waals surface area contributed by atoms with Crippen molar-refractivity contribution >= 4 is 6.21 Å². The second-order valence-electron chi connectivity index (χ2n) is 9.32. The Labute approximate surface area is 151 Å². The molecule has 2 aliphatic carbocycles. The summed E-state index contributed by atoms with van der Waals surface area (Å²) in [5.74, 6) is 0. The van der Waals surface area contributed by atoms with Crippen molar-refractivity contribution in [1.29, 1.82) is 0 Å². The summed E-state index contributed by atoms with van der Waals surface area (Å²) in [6, 6.07) is 16.3. The highest BCUT2D eigenvalue weighted by Crippen LogP contribution is 2.52. The Morgan fingerprint density at radius 1 is 0.800 bits per heavy atom. The van der Waals surface area contributed by atoms with Gasteiger partial charge < -0.3 is 0 Å². The molecule has 1 heteroatoms. The van der Waals surface area contributed by atoms with Crippen LogP contribution in [0.4, 0.5) is 0 Å². The monoisotopic (exact) mass is 330 g/mol. The molecule has 0 spiro atoms. The van der Waals surface area contributed by atoms with Crippen molar-refractivity contribution in [2.45, 2.75) is 62.8 Å². The van der Waals surface area contributed by atoms with Crippen LogP contribution < -0.4 is 0 Å². The highest BCUT2D eigenvalue weighted by Gasteiger charge is 2.52. The first-order valence-corrected chi connectivity index (χ1v) is 9.70. The summed E-state index contributed by atoms with van der Waals surface area (Å²) in [5, 5.41) is 0. The fourth-order valence-electron chi connectivity index (χ4n) is 5.64. The van der Waals surface area contributed by atoms with Crippen molar-refractivity contribution in [3.63, 3.8) is 0 Å². The number of hydrogen-bond acceptors (Lipinski definition) is 0. The Hall–Kier alpha value is -1.89. The maximum atomic E-state index is 2.54. The fourth-order valence-corrected chi connectivity index (χ4v) is 5.64. The molecule has 2 aromatic rings. The van der Waals surface area contributed by atoms with Gasteiger partial charge in [0.2, 0.25) is 0 Å². The molecule has 1 nitrogen and oxygen atoms in total. The molecule has 2 heterocycles. The summed E-state index contributed by atoms with van der Waals surface area (Å²) >= 11 is 0. The zero-order chi connectivity index (χ0) is 17.4. The van der Waals surface area contributed by atoms with E-state index in [1.807, 2.05) is 0 Å². The maximum absolute atomic E-state index is 2.54. The highest BCUT2D eigenvalue weighted by molar-refractivity contribution is 5.82. The predicted octanol–water partition coefficient (Wildman–Crippen LogP) is 5.29. The first-order chi connectivity index (χ1) is 11.9. The van der Waals surface area contributed by atoms with Crippen molar-refractivity contribution < 1.29 is 4.58 Å². The summed E-state index contributed by atoms with van der Waals surface area (Å²) < 4.78 is 2.51. The number of rotatable bonds is 1. The molecule has 1 saturated carbocycles. The van der Waals surface area contributed by atoms with Gasteiger partial charge in [-0.25, -0.2) is 4.58 Å². The number of nitrogens with zero attached hydrogens (tertiary/aromatic N) is 1.